The molecule has 1 aromatic carbocycles. The van der Waals surface area contributed by atoms with Crippen molar-refractivity contribution in [1.82, 2.24) is 0 Å². The quantitative estimate of drug-likeness (QED) is 0.305. The van der Waals surface area contributed by atoms with Gasteiger partial charge in [0.25, 0.3) is 0 Å². The Hall–Kier alpha value is -2.08. The molecule has 0 bridgehead atoms. The third-order valence-electron chi connectivity index (χ3n) is 2.22. The van der Waals surface area contributed by atoms with Crippen LogP contribution in [-0.4, -0.2) is 31.1 Å². The van der Waals surface area contributed by atoms with E-state index in [2.05, 4.69) is 4.99 Å². The zero-order valence-electron chi connectivity index (χ0n) is 11.9. The molecular weight excluding hydrogens is 256 g/mol. The summed E-state index contributed by atoms with van der Waals surface area (Å²) in [6.07, 6.45) is 1.19. The van der Waals surface area contributed by atoms with E-state index < -0.39 is 6.04 Å². The van der Waals surface area contributed by atoms with Gasteiger partial charge < -0.3 is 21.9 Å². The molecule has 0 heterocycles. The molecule has 0 aliphatic heterocycles. The number of aliphatic imine (C=N–C) groups is 1. The third kappa shape index (κ3) is 11.0. The summed E-state index contributed by atoms with van der Waals surface area (Å²) < 4.78 is 4.73. The van der Waals surface area contributed by atoms with Gasteiger partial charge in [-0.05, 0) is 19.8 Å². The minimum absolute atomic E-state index is 0.0507. The van der Waals surface area contributed by atoms with Gasteiger partial charge in [0.05, 0.1) is 6.61 Å². The molecule has 6 nitrogen and oxygen atoms in total. The number of esters is 1. The monoisotopic (exact) mass is 280 g/mol. The van der Waals surface area contributed by atoms with Crippen molar-refractivity contribution in [2.45, 2.75) is 25.8 Å². The predicted molar refractivity (Wildman–Crippen MR) is 81.0 cm³/mol. The second-order valence-corrected chi connectivity index (χ2v) is 3.96. The minimum atomic E-state index is -0.579. The van der Waals surface area contributed by atoms with Crippen molar-refractivity contribution in [2.75, 3.05) is 13.2 Å². The summed E-state index contributed by atoms with van der Waals surface area (Å²) in [6.45, 7) is 2.57. The van der Waals surface area contributed by atoms with E-state index >= 15 is 0 Å². The van der Waals surface area contributed by atoms with E-state index in [0.717, 1.165) is 0 Å². The molecule has 1 rings (SSSR count). The Morgan fingerprint density at radius 2 is 1.65 bits per heavy atom. The van der Waals surface area contributed by atoms with Crippen LogP contribution in [0.5, 0.6) is 0 Å². The van der Waals surface area contributed by atoms with Gasteiger partial charge in [-0.1, -0.05) is 36.4 Å². The molecule has 0 aliphatic carbocycles. The molecule has 20 heavy (non-hydrogen) atoms. The van der Waals surface area contributed by atoms with Crippen molar-refractivity contribution in [1.29, 1.82) is 0 Å². The van der Waals surface area contributed by atoms with Crippen molar-refractivity contribution >= 4 is 11.9 Å². The van der Waals surface area contributed by atoms with Crippen molar-refractivity contribution in [3.8, 4) is 0 Å². The fourth-order valence-electron chi connectivity index (χ4n) is 1.27. The highest BCUT2D eigenvalue weighted by Crippen LogP contribution is 1.97. The maximum atomic E-state index is 11.0. The highest BCUT2D eigenvalue weighted by Gasteiger charge is 2.13. The highest BCUT2D eigenvalue weighted by molar-refractivity contribution is 5.76. The molecule has 1 atom stereocenters. The topological polar surface area (TPSA) is 117 Å². The molecule has 0 fully saturated rings. The van der Waals surface area contributed by atoms with E-state index in [1.165, 1.54) is 0 Å². The van der Waals surface area contributed by atoms with Gasteiger partial charge in [-0.3, -0.25) is 9.79 Å². The normalized spacial score (nSPS) is 10.7. The third-order valence-corrected chi connectivity index (χ3v) is 2.22. The number of carbonyl (C=O) groups excluding carboxylic acids is 1. The first-order valence-corrected chi connectivity index (χ1v) is 6.55. The number of ether oxygens (including phenoxy) is 1. The lowest BCUT2D eigenvalue weighted by molar-refractivity contribution is -0.144. The van der Waals surface area contributed by atoms with Crippen LogP contribution in [0.4, 0.5) is 0 Å². The van der Waals surface area contributed by atoms with E-state index in [1.807, 2.05) is 36.4 Å². The zero-order chi connectivity index (χ0) is 15.2. The van der Waals surface area contributed by atoms with E-state index in [4.69, 9.17) is 21.9 Å². The molecular formula is C14H24N4O2. The molecule has 6 heteroatoms. The number of rotatable bonds is 6. The number of carbonyl (C=O) groups is 1. The summed E-state index contributed by atoms with van der Waals surface area (Å²) in [4.78, 5) is 14.8. The molecule has 112 valence electrons. The molecule has 0 saturated carbocycles. The number of guanidine groups is 1. The number of nitrogens with two attached hydrogens (primary N) is 3. The Morgan fingerprint density at radius 3 is 2.05 bits per heavy atom. The van der Waals surface area contributed by atoms with Gasteiger partial charge in [0.15, 0.2) is 5.96 Å². The maximum Gasteiger partial charge on any atom is 0.322 e. The van der Waals surface area contributed by atoms with Gasteiger partial charge in [-0.15, -0.1) is 0 Å². The molecule has 0 radical (unpaired) electrons. The molecule has 0 spiro atoms. The molecule has 0 saturated heterocycles. The average Bonchev–Trinajstić information content (AvgIpc) is 2.46. The Balaban J connectivity index is 0.000000493. The Morgan fingerprint density at radius 1 is 1.15 bits per heavy atom. The largest absolute Gasteiger partial charge is 0.465 e. The summed E-state index contributed by atoms with van der Waals surface area (Å²) in [7, 11) is 0. The molecule has 0 amide bonds. The summed E-state index contributed by atoms with van der Waals surface area (Å²) in [5.74, 6) is -0.327. The molecule has 6 N–H and O–H groups in total. The lowest BCUT2D eigenvalue weighted by atomic mass is 10.2. The van der Waals surface area contributed by atoms with Gasteiger partial charge in [-0.2, -0.15) is 0 Å². The van der Waals surface area contributed by atoms with Crippen molar-refractivity contribution in [3.05, 3.63) is 36.4 Å². The van der Waals surface area contributed by atoms with Gasteiger partial charge in [0.1, 0.15) is 6.04 Å². The fraction of sp³-hybridized carbons (Fsp3) is 0.429. The van der Waals surface area contributed by atoms with Crippen LogP contribution in [0.25, 0.3) is 0 Å². The highest BCUT2D eigenvalue weighted by atomic mass is 16.5. The van der Waals surface area contributed by atoms with Crippen LogP contribution < -0.4 is 17.2 Å². The average molecular weight is 280 g/mol. The summed E-state index contributed by atoms with van der Waals surface area (Å²) in [5.41, 5.74) is 15.8. The van der Waals surface area contributed by atoms with Crippen LogP contribution >= 0.6 is 0 Å². The first kappa shape index (κ1) is 17.9. The first-order valence-electron chi connectivity index (χ1n) is 6.55. The lowest BCUT2D eigenvalue weighted by Gasteiger charge is -2.08. The van der Waals surface area contributed by atoms with Gasteiger partial charge in [-0.25, -0.2) is 0 Å². The van der Waals surface area contributed by atoms with Crippen LogP contribution in [0.15, 0.2) is 41.4 Å². The first-order chi connectivity index (χ1) is 9.57. The van der Waals surface area contributed by atoms with E-state index in [-0.39, 0.29) is 11.9 Å². The standard InChI is InChI=1S/C8H18N4O2.C6H6/c1-2-14-7(13)6(9)4-3-5-12-8(10)11;1-2-4-6-5-3-1/h6H,2-5,9H2,1H3,(H4,10,11,12);1-6H/t6-;/m0./s1. The van der Waals surface area contributed by atoms with Crippen molar-refractivity contribution < 1.29 is 9.53 Å². The second kappa shape index (κ2) is 12.0. The van der Waals surface area contributed by atoms with Crippen LogP contribution in [0, 0.1) is 0 Å². The van der Waals surface area contributed by atoms with Crippen LogP contribution in [0.2, 0.25) is 0 Å². The van der Waals surface area contributed by atoms with Gasteiger partial charge in [0.2, 0.25) is 0 Å². The maximum absolute atomic E-state index is 11.0. The lowest BCUT2D eigenvalue weighted by Crippen LogP contribution is -2.32. The van der Waals surface area contributed by atoms with E-state index in [0.29, 0.717) is 26.0 Å². The van der Waals surface area contributed by atoms with Crippen molar-refractivity contribution in [3.63, 3.8) is 0 Å². The Kier molecular flexibility index (Phi) is 10.7. The number of benzene rings is 1. The summed E-state index contributed by atoms with van der Waals surface area (Å²) in [5, 5.41) is 0. The zero-order valence-corrected chi connectivity index (χ0v) is 11.9. The number of hydrogen-bond donors (Lipinski definition) is 3. The van der Waals surface area contributed by atoms with E-state index in [9.17, 15) is 4.79 Å². The molecule has 0 aliphatic rings. The smallest absolute Gasteiger partial charge is 0.322 e. The second-order valence-electron chi connectivity index (χ2n) is 3.96. The predicted octanol–water partition coefficient (Wildman–Crippen LogP) is 0.617. The summed E-state index contributed by atoms with van der Waals surface area (Å²) in [6, 6.07) is 11.4. The Bertz CT molecular complexity index is 351. The van der Waals surface area contributed by atoms with Crippen LogP contribution in [-0.2, 0) is 9.53 Å². The van der Waals surface area contributed by atoms with Gasteiger partial charge >= 0.3 is 5.97 Å². The van der Waals surface area contributed by atoms with E-state index in [1.54, 1.807) is 6.92 Å². The van der Waals surface area contributed by atoms with Crippen LogP contribution in [0.3, 0.4) is 0 Å². The Labute approximate surface area is 120 Å². The number of hydrogen-bond acceptors (Lipinski definition) is 4. The summed E-state index contributed by atoms with van der Waals surface area (Å²) >= 11 is 0. The number of nitrogens with zero attached hydrogens (tertiary/aromatic N) is 1. The molecule has 0 aromatic heterocycles. The van der Waals surface area contributed by atoms with Gasteiger partial charge in [0, 0.05) is 6.54 Å². The minimum Gasteiger partial charge on any atom is -0.465 e. The molecule has 1 aromatic rings. The molecule has 0 unspecified atom stereocenters. The SMILES string of the molecule is CCOC(=O)[C@@H](N)CCCN=C(N)N.c1ccccc1. The fourth-order valence-corrected chi connectivity index (χ4v) is 1.27. The van der Waals surface area contributed by atoms with Crippen molar-refractivity contribution in [2.24, 2.45) is 22.2 Å². The van der Waals surface area contributed by atoms with Crippen LogP contribution in [0.1, 0.15) is 19.8 Å².